The summed E-state index contributed by atoms with van der Waals surface area (Å²) in [6, 6.07) is 3.38. The third-order valence-electron chi connectivity index (χ3n) is 4.81. The van der Waals surface area contributed by atoms with Crippen LogP contribution in [0, 0.1) is 0 Å². The van der Waals surface area contributed by atoms with E-state index < -0.39 is 0 Å². The minimum Gasteiger partial charge on any atom is -0.493 e. The molecule has 1 heterocycles. The van der Waals surface area contributed by atoms with E-state index in [0.717, 1.165) is 6.42 Å². The first-order valence-corrected chi connectivity index (χ1v) is 9.61. The van der Waals surface area contributed by atoms with Crippen LogP contribution < -0.4 is 19.5 Å². The van der Waals surface area contributed by atoms with E-state index in [9.17, 15) is 9.59 Å². The van der Waals surface area contributed by atoms with Crippen LogP contribution in [0.15, 0.2) is 12.1 Å². The van der Waals surface area contributed by atoms with Crippen LogP contribution in [0.25, 0.3) is 0 Å². The Bertz CT molecular complexity index is 689. The first-order valence-electron chi connectivity index (χ1n) is 9.61. The molecule has 9 nitrogen and oxygen atoms in total. The van der Waals surface area contributed by atoms with Crippen molar-refractivity contribution in [1.82, 2.24) is 15.1 Å². The third-order valence-corrected chi connectivity index (χ3v) is 4.81. The lowest BCUT2D eigenvalue weighted by Crippen LogP contribution is -2.51. The van der Waals surface area contributed by atoms with Crippen molar-refractivity contribution in [3.8, 4) is 17.2 Å². The molecule has 1 aromatic carbocycles. The molecule has 9 heteroatoms. The molecule has 0 atom stereocenters. The lowest BCUT2D eigenvalue weighted by atomic mass is 10.1. The Hall–Kier alpha value is -2.52. The van der Waals surface area contributed by atoms with Gasteiger partial charge in [0, 0.05) is 46.4 Å². The molecule has 0 aromatic heterocycles. The van der Waals surface area contributed by atoms with Crippen LogP contribution in [-0.4, -0.2) is 95.9 Å². The van der Waals surface area contributed by atoms with Crippen LogP contribution in [0.3, 0.4) is 0 Å². The summed E-state index contributed by atoms with van der Waals surface area (Å²) in [5, 5.41) is 2.88. The van der Waals surface area contributed by atoms with Crippen molar-refractivity contribution in [2.24, 2.45) is 0 Å². The lowest BCUT2D eigenvalue weighted by molar-refractivity contribution is -0.122. The van der Waals surface area contributed by atoms with Gasteiger partial charge in [-0.15, -0.1) is 0 Å². The molecule has 1 saturated heterocycles. The Kier molecular flexibility index (Phi) is 9.01. The SMILES string of the molecule is COCCCNC(=O)CN1CCN(C(=O)c2ccc(OC)c(OC)c2OC)CC1. The number of ether oxygens (including phenoxy) is 4. The first kappa shape index (κ1) is 22.8. The van der Waals surface area contributed by atoms with Crippen molar-refractivity contribution in [2.45, 2.75) is 6.42 Å². The van der Waals surface area contributed by atoms with Crippen molar-refractivity contribution in [1.29, 1.82) is 0 Å². The van der Waals surface area contributed by atoms with Crippen molar-refractivity contribution >= 4 is 11.8 Å². The molecule has 0 saturated carbocycles. The Morgan fingerprint density at radius 3 is 2.24 bits per heavy atom. The Balaban J connectivity index is 1.93. The zero-order valence-corrected chi connectivity index (χ0v) is 17.7. The number of rotatable bonds is 10. The van der Waals surface area contributed by atoms with Gasteiger partial charge in [-0.25, -0.2) is 0 Å². The maximum absolute atomic E-state index is 13.0. The Morgan fingerprint density at radius 1 is 0.966 bits per heavy atom. The second kappa shape index (κ2) is 11.5. The molecule has 0 radical (unpaired) electrons. The van der Waals surface area contributed by atoms with Gasteiger partial charge in [-0.05, 0) is 18.6 Å². The molecule has 2 amide bonds. The van der Waals surface area contributed by atoms with Gasteiger partial charge < -0.3 is 29.2 Å². The van der Waals surface area contributed by atoms with Crippen LogP contribution in [0.5, 0.6) is 17.2 Å². The highest BCUT2D eigenvalue weighted by molar-refractivity contribution is 5.98. The smallest absolute Gasteiger partial charge is 0.257 e. The van der Waals surface area contributed by atoms with Gasteiger partial charge in [-0.3, -0.25) is 14.5 Å². The minimum atomic E-state index is -0.133. The molecule has 162 valence electrons. The molecule has 1 aliphatic heterocycles. The highest BCUT2D eigenvalue weighted by Crippen LogP contribution is 2.40. The van der Waals surface area contributed by atoms with Gasteiger partial charge in [0.2, 0.25) is 11.7 Å². The molecule has 0 aliphatic carbocycles. The summed E-state index contributed by atoms with van der Waals surface area (Å²) in [6.07, 6.45) is 0.789. The van der Waals surface area contributed by atoms with Gasteiger partial charge in [0.25, 0.3) is 5.91 Å². The molecule has 0 bridgehead atoms. The summed E-state index contributed by atoms with van der Waals surface area (Å²) >= 11 is 0. The minimum absolute atomic E-state index is 0.0116. The van der Waals surface area contributed by atoms with Crippen LogP contribution >= 0.6 is 0 Å². The van der Waals surface area contributed by atoms with E-state index in [-0.39, 0.29) is 11.8 Å². The van der Waals surface area contributed by atoms with Gasteiger partial charge in [0.1, 0.15) is 0 Å². The molecule has 2 rings (SSSR count). The number of nitrogens with zero attached hydrogens (tertiary/aromatic N) is 2. The third kappa shape index (κ3) is 5.98. The quantitative estimate of drug-likeness (QED) is 0.567. The molecule has 0 unspecified atom stereocenters. The van der Waals surface area contributed by atoms with Crippen molar-refractivity contribution in [3.05, 3.63) is 17.7 Å². The summed E-state index contributed by atoms with van der Waals surface area (Å²) in [5.74, 6) is 1.11. The average Bonchev–Trinajstić information content (AvgIpc) is 2.75. The number of benzene rings is 1. The van der Waals surface area contributed by atoms with Crippen molar-refractivity contribution < 1.29 is 28.5 Å². The van der Waals surface area contributed by atoms with Gasteiger partial charge >= 0.3 is 0 Å². The number of piperazine rings is 1. The van der Waals surface area contributed by atoms with Gasteiger partial charge in [0.05, 0.1) is 33.4 Å². The number of nitrogens with one attached hydrogen (secondary N) is 1. The maximum atomic E-state index is 13.0. The van der Waals surface area contributed by atoms with Crippen molar-refractivity contribution in [3.63, 3.8) is 0 Å². The number of methoxy groups -OCH3 is 4. The molecule has 1 aromatic rings. The van der Waals surface area contributed by atoms with Crippen LogP contribution in [0.1, 0.15) is 16.8 Å². The van der Waals surface area contributed by atoms with Crippen LogP contribution in [-0.2, 0) is 9.53 Å². The maximum Gasteiger partial charge on any atom is 0.257 e. The van der Waals surface area contributed by atoms with Crippen LogP contribution in [0.4, 0.5) is 0 Å². The molecule has 0 spiro atoms. The van der Waals surface area contributed by atoms with Crippen LogP contribution in [0.2, 0.25) is 0 Å². The normalized spacial score (nSPS) is 14.4. The van der Waals surface area contributed by atoms with E-state index in [1.54, 1.807) is 24.1 Å². The van der Waals surface area contributed by atoms with E-state index in [0.29, 0.717) is 68.7 Å². The predicted molar refractivity (Wildman–Crippen MR) is 108 cm³/mol. The zero-order chi connectivity index (χ0) is 21.2. The second-order valence-corrected chi connectivity index (χ2v) is 6.65. The Morgan fingerprint density at radius 2 is 1.66 bits per heavy atom. The average molecular weight is 409 g/mol. The Labute approximate surface area is 171 Å². The lowest BCUT2D eigenvalue weighted by Gasteiger charge is -2.34. The number of hydrogen-bond donors (Lipinski definition) is 1. The highest BCUT2D eigenvalue weighted by Gasteiger charge is 2.27. The van der Waals surface area contributed by atoms with E-state index in [2.05, 4.69) is 5.32 Å². The number of carbonyl (C=O) groups excluding carboxylic acids is 2. The molecule has 1 N–H and O–H groups in total. The molecule has 1 fully saturated rings. The fourth-order valence-electron chi connectivity index (χ4n) is 3.25. The van der Waals surface area contributed by atoms with Gasteiger partial charge in [-0.1, -0.05) is 0 Å². The topological polar surface area (TPSA) is 89.6 Å². The van der Waals surface area contributed by atoms with E-state index in [1.165, 1.54) is 21.3 Å². The van der Waals surface area contributed by atoms with E-state index in [1.807, 2.05) is 4.90 Å². The fraction of sp³-hybridized carbons (Fsp3) is 0.600. The second-order valence-electron chi connectivity index (χ2n) is 6.65. The number of hydrogen-bond acceptors (Lipinski definition) is 7. The predicted octanol–water partition coefficient (Wildman–Crippen LogP) is 0.623. The van der Waals surface area contributed by atoms with E-state index in [4.69, 9.17) is 18.9 Å². The first-order chi connectivity index (χ1) is 14.0. The van der Waals surface area contributed by atoms with Crippen molar-refractivity contribution in [2.75, 3.05) is 74.3 Å². The molecular formula is C20H31N3O6. The standard InChI is InChI=1S/C20H31N3O6/c1-26-13-5-8-21-17(24)14-22-9-11-23(12-10-22)20(25)15-6-7-16(27-2)19(29-4)18(15)28-3/h6-7H,5,8-14H2,1-4H3,(H,21,24). The molecule has 29 heavy (non-hydrogen) atoms. The monoisotopic (exact) mass is 409 g/mol. The molecular weight excluding hydrogens is 378 g/mol. The largest absolute Gasteiger partial charge is 0.493 e. The summed E-state index contributed by atoms with van der Waals surface area (Å²) < 4.78 is 21.0. The summed E-state index contributed by atoms with van der Waals surface area (Å²) in [5.41, 5.74) is 0.425. The zero-order valence-electron chi connectivity index (χ0n) is 17.7. The summed E-state index contributed by atoms with van der Waals surface area (Å²) in [7, 11) is 6.18. The number of carbonyl (C=O) groups is 2. The fourth-order valence-corrected chi connectivity index (χ4v) is 3.25. The van der Waals surface area contributed by atoms with Gasteiger partial charge in [0.15, 0.2) is 11.5 Å². The number of amides is 2. The van der Waals surface area contributed by atoms with E-state index >= 15 is 0 Å². The summed E-state index contributed by atoms with van der Waals surface area (Å²) in [4.78, 5) is 28.8. The summed E-state index contributed by atoms with van der Waals surface area (Å²) in [6.45, 7) is 3.89. The van der Waals surface area contributed by atoms with Gasteiger partial charge in [-0.2, -0.15) is 0 Å². The molecule has 1 aliphatic rings. The highest BCUT2D eigenvalue weighted by atomic mass is 16.5.